The number of aliphatic hydroxyl groups excluding tert-OH is 1. The Bertz CT molecular complexity index is 1020. The zero-order valence-electron chi connectivity index (χ0n) is 12.4. The van der Waals surface area contributed by atoms with E-state index < -0.39 is 5.38 Å². The number of aromatic nitrogens is 2. The van der Waals surface area contributed by atoms with Gasteiger partial charge in [-0.3, -0.25) is 4.79 Å². The van der Waals surface area contributed by atoms with Crippen LogP contribution in [0.2, 0.25) is 0 Å². The standard InChI is InChI=1S/C18H12ClN3O2/c19-15(11-6-2-1-3-7-11)16(23)13(10-20)17-21-14-9-5-4-8-12(14)18(24)22-17/h1-9,15,23H,(H,21,22,24)/b16-13+. The molecule has 0 aliphatic carbocycles. The lowest BCUT2D eigenvalue weighted by Gasteiger charge is -2.11. The van der Waals surface area contributed by atoms with Crippen molar-refractivity contribution in [2.24, 2.45) is 0 Å². The lowest BCUT2D eigenvalue weighted by atomic mass is 10.1. The summed E-state index contributed by atoms with van der Waals surface area (Å²) in [4.78, 5) is 18.9. The third-order valence-electron chi connectivity index (χ3n) is 3.55. The minimum absolute atomic E-state index is 0.0136. The Morgan fingerprint density at radius 2 is 1.83 bits per heavy atom. The average molecular weight is 338 g/mol. The van der Waals surface area contributed by atoms with E-state index in [4.69, 9.17) is 11.6 Å². The molecule has 1 aromatic heterocycles. The molecule has 118 valence electrons. The first-order chi connectivity index (χ1) is 11.6. The van der Waals surface area contributed by atoms with Crippen molar-refractivity contribution in [1.29, 1.82) is 5.26 Å². The number of para-hydroxylation sites is 1. The number of fused-ring (bicyclic) bond motifs is 1. The van der Waals surface area contributed by atoms with E-state index in [1.165, 1.54) is 0 Å². The van der Waals surface area contributed by atoms with Gasteiger partial charge in [0.05, 0.1) is 10.9 Å². The van der Waals surface area contributed by atoms with Crippen LogP contribution < -0.4 is 5.56 Å². The molecule has 1 atom stereocenters. The molecule has 5 nitrogen and oxygen atoms in total. The molecule has 1 heterocycles. The van der Waals surface area contributed by atoms with Crippen molar-refractivity contribution in [3.05, 3.63) is 82.1 Å². The van der Waals surface area contributed by atoms with Crippen molar-refractivity contribution in [2.45, 2.75) is 5.38 Å². The number of rotatable bonds is 3. The summed E-state index contributed by atoms with van der Waals surface area (Å²) in [6.45, 7) is 0. The highest BCUT2D eigenvalue weighted by molar-refractivity contribution is 6.23. The Morgan fingerprint density at radius 3 is 2.54 bits per heavy atom. The van der Waals surface area contributed by atoms with Crippen LogP contribution in [0.5, 0.6) is 0 Å². The second kappa shape index (κ2) is 6.57. The molecule has 2 aromatic carbocycles. The molecule has 0 aliphatic heterocycles. The van der Waals surface area contributed by atoms with Gasteiger partial charge >= 0.3 is 0 Å². The van der Waals surface area contributed by atoms with Gasteiger partial charge in [0.1, 0.15) is 22.8 Å². The van der Waals surface area contributed by atoms with Crippen LogP contribution in [0.3, 0.4) is 0 Å². The molecule has 3 aromatic rings. The zero-order chi connectivity index (χ0) is 17.1. The minimum atomic E-state index is -0.919. The monoisotopic (exact) mass is 337 g/mol. The van der Waals surface area contributed by atoms with Crippen molar-refractivity contribution in [3.8, 4) is 6.07 Å². The molecule has 0 saturated heterocycles. The summed E-state index contributed by atoms with van der Waals surface area (Å²) in [5, 5.41) is 19.3. The smallest absolute Gasteiger partial charge is 0.259 e. The lowest BCUT2D eigenvalue weighted by Crippen LogP contribution is -2.12. The van der Waals surface area contributed by atoms with E-state index in [1.807, 2.05) is 12.1 Å². The predicted octanol–water partition coefficient (Wildman–Crippen LogP) is 3.70. The summed E-state index contributed by atoms with van der Waals surface area (Å²) in [7, 11) is 0. The van der Waals surface area contributed by atoms with Crippen LogP contribution in [0.4, 0.5) is 0 Å². The number of nitrogens with zero attached hydrogens (tertiary/aromatic N) is 2. The number of aliphatic hydroxyl groups is 1. The third kappa shape index (κ3) is 2.87. The number of aromatic amines is 1. The van der Waals surface area contributed by atoms with Gasteiger partial charge in [0.2, 0.25) is 0 Å². The van der Waals surface area contributed by atoms with Crippen LogP contribution in [0.25, 0.3) is 16.5 Å². The molecule has 0 saturated carbocycles. The van der Waals surface area contributed by atoms with E-state index >= 15 is 0 Å². The van der Waals surface area contributed by atoms with Gasteiger partial charge in [-0.05, 0) is 17.7 Å². The fourth-order valence-electron chi connectivity index (χ4n) is 2.34. The second-order valence-corrected chi connectivity index (χ2v) is 5.51. The predicted molar refractivity (Wildman–Crippen MR) is 92.6 cm³/mol. The van der Waals surface area contributed by atoms with Crippen molar-refractivity contribution < 1.29 is 5.11 Å². The van der Waals surface area contributed by atoms with Crippen LogP contribution in [-0.2, 0) is 0 Å². The van der Waals surface area contributed by atoms with E-state index in [2.05, 4.69) is 9.97 Å². The Morgan fingerprint density at radius 1 is 1.17 bits per heavy atom. The van der Waals surface area contributed by atoms with Gasteiger partial charge in [-0.15, -0.1) is 11.6 Å². The Hall–Kier alpha value is -3.10. The van der Waals surface area contributed by atoms with Crippen LogP contribution in [0.15, 0.2) is 65.2 Å². The molecule has 24 heavy (non-hydrogen) atoms. The highest BCUT2D eigenvalue weighted by atomic mass is 35.5. The summed E-state index contributed by atoms with van der Waals surface area (Å²) >= 11 is 6.26. The van der Waals surface area contributed by atoms with Gasteiger partial charge in [-0.2, -0.15) is 5.26 Å². The maximum absolute atomic E-state index is 12.1. The molecule has 0 aliphatic rings. The Kier molecular flexibility index (Phi) is 4.32. The normalized spacial score (nSPS) is 13.2. The topological polar surface area (TPSA) is 89.8 Å². The van der Waals surface area contributed by atoms with Crippen molar-refractivity contribution in [3.63, 3.8) is 0 Å². The molecule has 0 fully saturated rings. The van der Waals surface area contributed by atoms with Gasteiger partial charge in [0.15, 0.2) is 5.82 Å². The molecular weight excluding hydrogens is 326 g/mol. The summed E-state index contributed by atoms with van der Waals surface area (Å²) in [5.74, 6) is -0.371. The number of allylic oxidation sites excluding steroid dienone is 2. The lowest BCUT2D eigenvalue weighted by molar-refractivity contribution is 0.397. The van der Waals surface area contributed by atoms with Gasteiger partial charge in [-0.25, -0.2) is 4.98 Å². The first-order valence-electron chi connectivity index (χ1n) is 7.13. The SMILES string of the molecule is N#C/C(=C(\O)C(Cl)c1ccccc1)c1nc2ccccc2c(=O)[nH]1. The van der Waals surface area contributed by atoms with E-state index in [1.54, 1.807) is 48.5 Å². The van der Waals surface area contributed by atoms with Crippen LogP contribution in [-0.4, -0.2) is 15.1 Å². The van der Waals surface area contributed by atoms with Gasteiger partial charge in [0, 0.05) is 0 Å². The fourth-order valence-corrected chi connectivity index (χ4v) is 2.60. The van der Waals surface area contributed by atoms with Crippen LogP contribution >= 0.6 is 11.6 Å². The van der Waals surface area contributed by atoms with E-state index in [0.29, 0.717) is 16.5 Å². The number of nitriles is 1. The molecule has 2 N–H and O–H groups in total. The van der Waals surface area contributed by atoms with Crippen molar-refractivity contribution in [2.75, 3.05) is 0 Å². The molecule has 6 heteroatoms. The number of hydrogen-bond acceptors (Lipinski definition) is 4. The summed E-state index contributed by atoms with van der Waals surface area (Å²) in [6.07, 6.45) is 0. The maximum atomic E-state index is 12.1. The van der Waals surface area contributed by atoms with Crippen LogP contribution in [0, 0.1) is 11.3 Å². The molecule has 1 unspecified atom stereocenters. The largest absolute Gasteiger partial charge is 0.509 e. The number of hydrogen-bond donors (Lipinski definition) is 2. The molecule has 3 rings (SSSR count). The second-order valence-electron chi connectivity index (χ2n) is 5.08. The number of halogens is 1. The van der Waals surface area contributed by atoms with Crippen molar-refractivity contribution in [1.82, 2.24) is 9.97 Å². The van der Waals surface area contributed by atoms with Gasteiger partial charge in [0.25, 0.3) is 5.56 Å². The highest BCUT2D eigenvalue weighted by Gasteiger charge is 2.20. The minimum Gasteiger partial charge on any atom is -0.509 e. The highest BCUT2D eigenvalue weighted by Crippen LogP contribution is 2.31. The van der Waals surface area contributed by atoms with E-state index in [0.717, 1.165) is 0 Å². The third-order valence-corrected chi connectivity index (χ3v) is 4.01. The Labute approximate surface area is 142 Å². The quantitative estimate of drug-likeness (QED) is 0.433. The summed E-state index contributed by atoms with van der Waals surface area (Å²) in [5.41, 5.74) is 0.513. The zero-order valence-corrected chi connectivity index (χ0v) is 13.2. The van der Waals surface area contributed by atoms with E-state index in [-0.39, 0.29) is 22.7 Å². The maximum Gasteiger partial charge on any atom is 0.259 e. The molecule has 0 spiro atoms. The number of nitrogens with one attached hydrogen (secondary N) is 1. The molecule has 0 radical (unpaired) electrons. The summed E-state index contributed by atoms with van der Waals surface area (Å²) < 4.78 is 0. The van der Waals surface area contributed by atoms with Crippen LogP contribution in [0.1, 0.15) is 16.8 Å². The number of alkyl halides is 1. The first kappa shape index (κ1) is 15.8. The van der Waals surface area contributed by atoms with Gasteiger partial charge < -0.3 is 10.1 Å². The Balaban J connectivity index is 2.15. The fraction of sp³-hybridized carbons (Fsp3) is 0.0556. The first-order valence-corrected chi connectivity index (χ1v) is 7.57. The van der Waals surface area contributed by atoms with Crippen molar-refractivity contribution >= 4 is 28.1 Å². The molecule has 0 amide bonds. The van der Waals surface area contributed by atoms with E-state index in [9.17, 15) is 15.2 Å². The molecular formula is C18H12ClN3O2. The average Bonchev–Trinajstić information content (AvgIpc) is 2.62. The van der Waals surface area contributed by atoms with Gasteiger partial charge in [-0.1, -0.05) is 42.5 Å². The molecule has 0 bridgehead atoms. The summed E-state index contributed by atoms with van der Waals surface area (Å²) in [6, 6.07) is 17.5. The number of H-pyrrole nitrogens is 1. The number of benzene rings is 2.